The number of pyridine rings is 1. The van der Waals surface area contributed by atoms with E-state index >= 15 is 0 Å². The lowest BCUT2D eigenvalue weighted by atomic mass is 9.98. The maximum Gasteiger partial charge on any atom is 0.330 e. The van der Waals surface area contributed by atoms with E-state index in [1.165, 1.54) is 42.2 Å². The molecule has 3 aromatic rings. The molecule has 1 aliphatic carbocycles. The van der Waals surface area contributed by atoms with Crippen LogP contribution in [-0.2, 0) is 37.7 Å². The van der Waals surface area contributed by atoms with Crippen molar-refractivity contribution in [2.24, 2.45) is 5.73 Å². The van der Waals surface area contributed by atoms with Crippen molar-refractivity contribution in [1.82, 2.24) is 15.6 Å². The summed E-state index contributed by atoms with van der Waals surface area (Å²) in [6.45, 7) is 5.94. The van der Waals surface area contributed by atoms with E-state index in [-0.39, 0.29) is 29.6 Å². The molecule has 0 bridgehead atoms. The molecule has 1 amide bonds. The molecule has 1 saturated carbocycles. The Morgan fingerprint density at radius 3 is 2.20 bits per heavy atom. The molecule has 3 atom stereocenters. The van der Waals surface area contributed by atoms with Crippen LogP contribution in [0.5, 0.6) is 0 Å². The Balaban J connectivity index is 1.62. The Labute approximate surface area is 288 Å². The van der Waals surface area contributed by atoms with Gasteiger partial charge in [0, 0.05) is 42.1 Å². The lowest BCUT2D eigenvalue weighted by molar-refractivity contribution is -0.151. The minimum absolute atomic E-state index is 0.0337. The van der Waals surface area contributed by atoms with Gasteiger partial charge in [0.15, 0.2) is 9.84 Å². The van der Waals surface area contributed by atoms with Gasteiger partial charge in [-0.05, 0) is 79.5 Å². The molecule has 12 heteroatoms. The van der Waals surface area contributed by atoms with Crippen molar-refractivity contribution >= 4 is 21.7 Å². The lowest BCUT2D eigenvalue weighted by Crippen LogP contribution is -2.53. The number of rotatable bonds is 19. The van der Waals surface area contributed by atoms with E-state index in [1.54, 1.807) is 0 Å². The number of sulfone groups is 1. The maximum absolute atomic E-state index is 14.1. The number of nitrogens with one attached hydrogen (secondary N) is 2. The van der Waals surface area contributed by atoms with Gasteiger partial charge in [-0.25, -0.2) is 22.0 Å². The molecule has 2 aromatic carbocycles. The molecule has 0 spiro atoms. The first-order chi connectivity index (χ1) is 23.4. The van der Waals surface area contributed by atoms with Crippen LogP contribution in [0.1, 0.15) is 86.3 Å². The summed E-state index contributed by atoms with van der Waals surface area (Å²) in [6.07, 6.45) is 6.39. The molecule has 1 heterocycles. The summed E-state index contributed by atoms with van der Waals surface area (Å²) in [5.41, 5.74) is 8.97. The first-order valence-corrected chi connectivity index (χ1v) is 18.8. The zero-order valence-corrected chi connectivity index (χ0v) is 29.3. The molecular weight excluding hydrogens is 650 g/mol. The molecule has 49 heavy (non-hydrogen) atoms. The summed E-state index contributed by atoms with van der Waals surface area (Å²) in [5, 5.41) is 5.41. The number of aryl methyl sites for hydroxylation is 1. The van der Waals surface area contributed by atoms with E-state index in [1.807, 2.05) is 26.0 Å². The summed E-state index contributed by atoms with van der Waals surface area (Å²) in [7, 11) is -3.86. The Bertz CT molecular complexity index is 1640. The first-order valence-electron chi connectivity index (χ1n) is 17.1. The number of hydrogen-bond acceptors (Lipinski definition) is 8. The zero-order chi connectivity index (χ0) is 35.6. The predicted molar refractivity (Wildman–Crippen MR) is 186 cm³/mol. The largest absolute Gasteiger partial charge is 0.458 e. The van der Waals surface area contributed by atoms with Gasteiger partial charge in [-0.1, -0.05) is 57.9 Å². The maximum atomic E-state index is 14.1. The van der Waals surface area contributed by atoms with Crippen molar-refractivity contribution in [1.29, 1.82) is 0 Å². The smallest absolute Gasteiger partial charge is 0.330 e. The van der Waals surface area contributed by atoms with Gasteiger partial charge in [-0.2, -0.15) is 0 Å². The predicted octanol–water partition coefficient (Wildman–Crippen LogP) is 5.16. The normalized spacial score (nSPS) is 15.7. The van der Waals surface area contributed by atoms with Gasteiger partial charge in [-0.15, -0.1) is 0 Å². The van der Waals surface area contributed by atoms with Crippen LogP contribution in [0.2, 0.25) is 0 Å². The number of carbonyl (C=O) groups is 2. The van der Waals surface area contributed by atoms with Crippen molar-refractivity contribution < 1.29 is 31.5 Å². The molecule has 1 aromatic heterocycles. The van der Waals surface area contributed by atoms with Crippen molar-refractivity contribution in [3.8, 4) is 0 Å². The van der Waals surface area contributed by atoms with Crippen LogP contribution in [0, 0.1) is 11.6 Å². The standard InChI is InChI=1S/C37H48F2N4O5S/c1-4-8-31(9-5-2)49(46,47)24-33(43-35(44)27-12-16-41-17-13-27)36(45)48-34(32(40)21-26-19-29(38)22-30(39)20-26)23-42-37(14-15-37)28-11-7-10-25(6-3)18-28/h7,10-13,16-20,22,31-34,42H,4-6,8-9,14-15,21,23-24,40H2,1-3H3,(H,43,44)/t32-,33?,34+/m0/s1. The number of carbonyl (C=O) groups excluding carboxylic acids is 2. The number of ether oxygens (including phenoxy) is 1. The fraction of sp³-hybridized carbons (Fsp3) is 0.486. The third kappa shape index (κ3) is 10.6. The quantitative estimate of drug-likeness (QED) is 0.146. The Kier molecular flexibility index (Phi) is 13.4. The molecule has 4 N–H and O–H groups in total. The molecule has 266 valence electrons. The molecular formula is C37H48F2N4O5S. The number of esters is 1. The number of hydrogen-bond donors (Lipinski definition) is 3. The van der Waals surface area contributed by atoms with Gasteiger partial charge in [0.25, 0.3) is 5.91 Å². The molecule has 0 saturated heterocycles. The van der Waals surface area contributed by atoms with Gasteiger partial charge in [-0.3, -0.25) is 9.78 Å². The topological polar surface area (TPSA) is 140 Å². The minimum atomic E-state index is -3.86. The van der Waals surface area contributed by atoms with Crippen molar-refractivity contribution in [3.63, 3.8) is 0 Å². The van der Waals surface area contributed by atoms with Crippen LogP contribution < -0.4 is 16.4 Å². The van der Waals surface area contributed by atoms with E-state index in [4.69, 9.17) is 10.5 Å². The second-order valence-corrected chi connectivity index (χ2v) is 15.3. The summed E-state index contributed by atoms with van der Waals surface area (Å²) in [5.74, 6) is -3.82. The minimum Gasteiger partial charge on any atom is -0.458 e. The van der Waals surface area contributed by atoms with E-state index in [2.05, 4.69) is 34.7 Å². The van der Waals surface area contributed by atoms with E-state index in [9.17, 15) is 26.8 Å². The monoisotopic (exact) mass is 698 g/mol. The van der Waals surface area contributed by atoms with Crippen molar-refractivity contribution in [2.45, 2.75) is 101 Å². The Morgan fingerprint density at radius 2 is 1.61 bits per heavy atom. The van der Waals surface area contributed by atoms with Crippen LogP contribution >= 0.6 is 0 Å². The highest BCUT2D eigenvalue weighted by molar-refractivity contribution is 7.92. The Hall–Kier alpha value is -3.74. The van der Waals surface area contributed by atoms with Crippen LogP contribution in [0.4, 0.5) is 8.78 Å². The number of aromatic nitrogens is 1. The van der Waals surface area contributed by atoms with Crippen LogP contribution in [-0.4, -0.2) is 61.0 Å². The third-order valence-electron chi connectivity index (χ3n) is 9.08. The lowest BCUT2D eigenvalue weighted by Gasteiger charge is -2.30. The second kappa shape index (κ2) is 17.3. The van der Waals surface area contributed by atoms with Gasteiger partial charge >= 0.3 is 5.97 Å². The molecule has 9 nitrogen and oxygen atoms in total. The highest BCUT2D eigenvalue weighted by Crippen LogP contribution is 2.45. The Morgan fingerprint density at radius 1 is 0.959 bits per heavy atom. The van der Waals surface area contributed by atoms with E-state index < -0.39 is 62.5 Å². The number of amides is 1. The van der Waals surface area contributed by atoms with E-state index in [0.29, 0.717) is 25.7 Å². The molecule has 0 aliphatic heterocycles. The highest BCUT2D eigenvalue weighted by Gasteiger charge is 2.45. The average Bonchev–Trinajstić information content (AvgIpc) is 3.87. The van der Waals surface area contributed by atoms with Crippen LogP contribution in [0.3, 0.4) is 0 Å². The molecule has 4 rings (SSSR count). The van der Waals surface area contributed by atoms with Gasteiger partial charge in [0.1, 0.15) is 23.8 Å². The van der Waals surface area contributed by atoms with Gasteiger partial charge in [0.05, 0.1) is 11.0 Å². The van der Waals surface area contributed by atoms with Crippen molar-refractivity contribution in [2.75, 3.05) is 12.3 Å². The number of halogens is 2. The van der Waals surface area contributed by atoms with E-state index in [0.717, 1.165) is 30.9 Å². The highest BCUT2D eigenvalue weighted by atomic mass is 32.2. The van der Waals surface area contributed by atoms with Gasteiger partial charge < -0.3 is 21.1 Å². The summed E-state index contributed by atoms with van der Waals surface area (Å²) < 4.78 is 61.5. The number of nitrogens with zero attached hydrogens (tertiary/aromatic N) is 1. The molecule has 1 fully saturated rings. The number of benzene rings is 2. The number of nitrogens with two attached hydrogens (primary N) is 1. The average molecular weight is 699 g/mol. The van der Waals surface area contributed by atoms with Crippen molar-refractivity contribution in [3.05, 3.63) is 101 Å². The zero-order valence-electron chi connectivity index (χ0n) is 28.5. The van der Waals surface area contributed by atoms with Crippen LogP contribution in [0.25, 0.3) is 0 Å². The molecule has 1 unspecified atom stereocenters. The third-order valence-corrected chi connectivity index (χ3v) is 11.4. The molecule has 1 aliphatic rings. The first kappa shape index (κ1) is 38.1. The fourth-order valence-corrected chi connectivity index (χ4v) is 8.30. The second-order valence-electron chi connectivity index (χ2n) is 12.9. The summed E-state index contributed by atoms with van der Waals surface area (Å²) >= 11 is 0. The summed E-state index contributed by atoms with van der Waals surface area (Å²) in [4.78, 5) is 31.1. The van der Waals surface area contributed by atoms with Crippen LogP contribution in [0.15, 0.2) is 67.0 Å². The fourth-order valence-electron chi connectivity index (χ4n) is 6.15. The van der Waals surface area contributed by atoms with Gasteiger partial charge in [0.2, 0.25) is 0 Å². The molecule has 0 radical (unpaired) electrons. The summed E-state index contributed by atoms with van der Waals surface area (Å²) in [6, 6.07) is 11.7. The SMILES string of the molecule is CCCC(CCC)S(=O)(=O)CC(NC(=O)c1ccncc1)C(=O)O[C@H](CNC1(c2cccc(CC)c2)CC1)[C@@H](N)Cc1cc(F)cc(F)c1.